The van der Waals surface area contributed by atoms with Crippen LogP contribution in [0.2, 0.25) is 0 Å². The molecule has 11 heteroatoms. The SMILES string of the molecule is Cc1cc(N(C)CCN(C)C)c([N+](=O)[O-])cc1Nc1nccc(-c2c(C(=O)OC(C)C)n(C)c3ccccc23)n1. The summed E-state index contributed by atoms with van der Waals surface area (Å²) in [5.41, 5.74) is 4.25. The molecule has 210 valence electrons. The zero-order chi connectivity index (χ0) is 29.1. The van der Waals surface area contributed by atoms with Crippen molar-refractivity contribution < 1.29 is 14.5 Å². The number of likely N-dealkylation sites (N-methyl/N-ethyl adjacent to an activating group) is 2. The molecule has 1 N–H and O–H groups in total. The Balaban J connectivity index is 1.75. The van der Waals surface area contributed by atoms with Gasteiger partial charge in [0.05, 0.1) is 22.4 Å². The van der Waals surface area contributed by atoms with Crippen LogP contribution in [0.15, 0.2) is 48.7 Å². The monoisotopic (exact) mass is 545 g/mol. The van der Waals surface area contributed by atoms with Crippen molar-refractivity contribution in [1.29, 1.82) is 0 Å². The lowest BCUT2D eigenvalue weighted by molar-refractivity contribution is -0.384. The molecule has 2 aromatic heterocycles. The summed E-state index contributed by atoms with van der Waals surface area (Å²) in [6.45, 7) is 6.88. The molecule has 0 aliphatic carbocycles. The van der Waals surface area contributed by atoms with E-state index in [9.17, 15) is 14.9 Å². The van der Waals surface area contributed by atoms with Gasteiger partial charge in [0.2, 0.25) is 5.95 Å². The van der Waals surface area contributed by atoms with E-state index in [-0.39, 0.29) is 22.7 Å². The fourth-order valence-corrected chi connectivity index (χ4v) is 4.58. The van der Waals surface area contributed by atoms with Crippen LogP contribution in [0.25, 0.3) is 22.2 Å². The minimum Gasteiger partial charge on any atom is -0.458 e. The van der Waals surface area contributed by atoms with Crippen LogP contribution in [0.3, 0.4) is 0 Å². The number of nitro groups is 1. The van der Waals surface area contributed by atoms with Gasteiger partial charge in [-0.05, 0) is 58.6 Å². The quantitative estimate of drug-likeness (QED) is 0.164. The maximum absolute atomic E-state index is 13.2. The number of aromatic nitrogens is 3. The molecule has 0 saturated heterocycles. The number of para-hydroxylation sites is 1. The van der Waals surface area contributed by atoms with Gasteiger partial charge < -0.3 is 24.4 Å². The summed E-state index contributed by atoms with van der Waals surface area (Å²) in [4.78, 5) is 37.7. The molecular formula is C29H35N7O4. The average molecular weight is 546 g/mol. The molecule has 0 amide bonds. The van der Waals surface area contributed by atoms with Gasteiger partial charge in [-0.1, -0.05) is 18.2 Å². The standard InChI is InChI=1S/C29H35N7O4/c1-18(2)40-28(37)27-26(20-10-8-9-11-23(20)35(27)7)21-12-13-30-29(31-21)32-22-17-25(36(38)39)24(16-19(22)3)34(6)15-14-33(4)5/h8-13,16-18H,14-15H2,1-7H3,(H,30,31,32). The fraction of sp³-hybridized carbons (Fsp3) is 0.345. The maximum atomic E-state index is 13.2. The number of ether oxygens (including phenoxy) is 1. The Labute approximate surface area is 233 Å². The second-order valence-electron chi connectivity index (χ2n) is 10.3. The summed E-state index contributed by atoms with van der Waals surface area (Å²) in [7, 11) is 7.59. The Kier molecular flexibility index (Phi) is 8.34. The molecule has 2 aromatic carbocycles. The van der Waals surface area contributed by atoms with Gasteiger partial charge >= 0.3 is 5.97 Å². The average Bonchev–Trinajstić information content (AvgIpc) is 3.20. The third-order valence-corrected chi connectivity index (χ3v) is 6.61. The Morgan fingerprint density at radius 1 is 1.15 bits per heavy atom. The summed E-state index contributed by atoms with van der Waals surface area (Å²) >= 11 is 0. The lowest BCUT2D eigenvalue weighted by Crippen LogP contribution is -2.29. The highest BCUT2D eigenvalue weighted by Gasteiger charge is 2.26. The van der Waals surface area contributed by atoms with Crippen molar-refractivity contribution in [2.24, 2.45) is 7.05 Å². The van der Waals surface area contributed by atoms with Crippen LogP contribution in [-0.2, 0) is 11.8 Å². The third-order valence-electron chi connectivity index (χ3n) is 6.61. The second-order valence-corrected chi connectivity index (χ2v) is 10.3. The number of nitro benzene ring substituents is 1. The number of nitrogens with one attached hydrogen (secondary N) is 1. The molecule has 0 saturated carbocycles. The van der Waals surface area contributed by atoms with Crippen molar-refractivity contribution in [3.63, 3.8) is 0 Å². The maximum Gasteiger partial charge on any atom is 0.355 e. The molecule has 0 aliphatic heterocycles. The molecule has 4 aromatic rings. The van der Waals surface area contributed by atoms with E-state index in [2.05, 4.69) is 10.3 Å². The first kappa shape index (κ1) is 28.5. The summed E-state index contributed by atoms with van der Waals surface area (Å²) in [5.74, 6) is -0.197. The van der Waals surface area contributed by atoms with Gasteiger partial charge in [0.15, 0.2) is 0 Å². The van der Waals surface area contributed by atoms with E-state index in [1.165, 1.54) is 6.07 Å². The largest absolute Gasteiger partial charge is 0.458 e. The van der Waals surface area contributed by atoms with Crippen molar-refractivity contribution in [3.05, 3.63) is 70.0 Å². The van der Waals surface area contributed by atoms with Gasteiger partial charge in [-0.15, -0.1) is 0 Å². The van der Waals surface area contributed by atoms with Crippen molar-refractivity contribution in [1.82, 2.24) is 19.4 Å². The molecule has 0 fully saturated rings. The highest BCUT2D eigenvalue weighted by molar-refractivity contribution is 6.08. The Morgan fingerprint density at radius 2 is 1.88 bits per heavy atom. The summed E-state index contributed by atoms with van der Waals surface area (Å²) in [6, 6.07) is 12.7. The van der Waals surface area contributed by atoms with Crippen LogP contribution in [0.5, 0.6) is 0 Å². The minimum atomic E-state index is -0.447. The van der Waals surface area contributed by atoms with Crippen molar-refractivity contribution in [3.8, 4) is 11.3 Å². The molecule has 0 aliphatic rings. The number of nitrogens with zero attached hydrogens (tertiary/aromatic N) is 6. The highest BCUT2D eigenvalue weighted by atomic mass is 16.6. The number of fused-ring (bicyclic) bond motifs is 1. The molecule has 11 nitrogen and oxygen atoms in total. The summed E-state index contributed by atoms with van der Waals surface area (Å²) < 4.78 is 7.37. The lowest BCUT2D eigenvalue weighted by atomic mass is 10.1. The molecule has 2 heterocycles. The van der Waals surface area contributed by atoms with Gasteiger partial charge in [0.25, 0.3) is 5.69 Å². The van der Waals surface area contributed by atoms with E-state index in [0.29, 0.717) is 34.9 Å². The number of anilines is 3. The van der Waals surface area contributed by atoms with Gasteiger partial charge in [-0.2, -0.15) is 0 Å². The zero-order valence-electron chi connectivity index (χ0n) is 23.9. The summed E-state index contributed by atoms with van der Waals surface area (Å²) in [6.07, 6.45) is 1.31. The summed E-state index contributed by atoms with van der Waals surface area (Å²) in [5, 5.41) is 16.0. The van der Waals surface area contributed by atoms with Crippen LogP contribution in [0, 0.1) is 17.0 Å². The smallest absolute Gasteiger partial charge is 0.355 e. The zero-order valence-corrected chi connectivity index (χ0v) is 23.9. The van der Waals surface area contributed by atoms with E-state index in [0.717, 1.165) is 23.0 Å². The number of rotatable bonds is 10. The van der Waals surface area contributed by atoms with Gasteiger partial charge in [0, 0.05) is 55.9 Å². The molecule has 0 bridgehead atoms. The van der Waals surface area contributed by atoms with E-state index in [4.69, 9.17) is 9.72 Å². The predicted octanol–water partition coefficient (Wildman–Crippen LogP) is 5.16. The first-order valence-electron chi connectivity index (χ1n) is 13.0. The molecule has 0 spiro atoms. The number of hydrogen-bond acceptors (Lipinski definition) is 9. The van der Waals surface area contributed by atoms with Crippen LogP contribution in [0.1, 0.15) is 29.9 Å². The van der Waals surface area contributed by atoms with Crippen LogP contribution < -0.4 is 10.2 Å². The number of hydrogen-bond donors (Lipinski definition) is 1. The Hall–Kier alpha value is -4.51. The fourth-order valence-electron chi connectivity index (χ4n) is 4.58. The molecular weight excluding hydrogens is 510 g/mol. The molecule has 0 unspecified atom stereocenters. The number of carbonyl (C=O) groups excluding carboxylic acids is 1. The third kappa shape index (κ3) is 5.89. The second kappa shape index (κ2) is 11.7. The molecule has 0 radical (unpaired) electrons. The first-order chi connectivity index (χ1) is 19.0. The molecule has 40 heavy (non-hydrogen) atoms. The van der Waals surface area contributed by atoms with E-state index in [1.807, 2.05) is 73.7 Å². The van der Waals surface area contributed by atoms with Crippen molar-refractivity contribution >= 4 is 39.9 Å². The molecule has 4 rings (SSSR count). The molecule has 0 atom stereocenters. The number of aryl methyl sites for hydroxylation is 2. The lowest BCUT2D eigenvalue weighted by Gasteiger charge is -2.22. The normalized spacial score (nSPS) is 11.3. The van der Waals surface area contributed by atoms with E-state index in [1.54, 1.807) is 32.2 Å². The van der Waals surface area contributed by atoms with Gasteiger partial charge in [-0.25, -0.2) is 14.8 Å². The predicted molar refractivity (Wildman–Crippen MR) is 157 cm³/mol. The minimum absolute atomic E-state index is 0.0155. The van der Waals surface area contributed by atoms with Crippen LogP contribution in [-0.4, -0.2) is 70.7 Å². The number of benzene rings is 2. The highest BCUT2D eigenvalue weighted by Crippen LogP contribution is 2.36. The van der Waals surface area contributed by atoms with E-state index >= 15 is 0 Å². The van der Waals surface area contributed by atoms with Crippen LogP contribution >= 0.6 is 0 Å². The van der Waals surface area contributed by atoms with Crippen molar-refractivity contribution in [2.75, 3.05) is 44.4 Å². The Bertz CT molecular complexity index is 1560. The van der Waals surface area contributed by atoms with Crippen LogP contribution in [0.4, 0.5) is 23.0 Å². The first-order valence-corrected chi connectivity index (χ1v) is 13.0. The Morgan fingerprint density at radius 3 is 2.55 bits per heavy atom. The number of carbonyl (C=O) groups is 1. The van der Waals surface area contributed by atoms with Gasteiger partial charge in [0.1, 0.15) is 11.4 Å². The van der Waals surface area contributed by atoms with E-state index < -0.39 is 5.97 Å². The topological polar surface area (TPSA) is 119 Å². The number of esters is 1. The van der Waals surface area contributed by atoms with Gasteiger partial charge in [-0.3, -0.25) is 10.1 Å². The van der Waals surface area contributed by atoms with Crippen molar-refractivity contribution in [2.45, 2.75) is 26.9 Å².